The Balaban J connectivity index is 2.73. The van der Waals surface area contributed by atoms with Gasteiger partial charge in [0, 0.05) is 17.1 Å². The number of rotatable bonds is 3. The van der Waals surface area contributed by atoms with Crippen molar-refractivity contribution in [3.8, 4) is 5.88 Å². The summed E-state index contributed by atoms with van der Waals surface area (Å²) in [7, 11) is 1.39. The number of hydrogen-bond donors (Lipinski definition) is 0. The quantitative estimate of drug-likeness (QED) is 0.614. The molecule has 0 aliphatic heterocycles. The molecule has 0 fully saturated rings. The fourth-order valence-corrected chi connectivity index (χ4v) is 2.63. The molecule has 0 aliphatic carbocycles. The molecule has 0 saturated heterocycles. The first-order chi connectivity index (χ1) is 11.1. The summed E-state index contributed by atoms with van der Waals surface area (Å²) in [4.78, 5) is 3.93. The third-order valence-electron chi connectivity index (χ3n) is 3.17. The molecule has 2 rings (SSSR count). The van der Waals surface area contributed by atoms with Gasteiger partial charge in [0.1, 0.15) is 16.1 Å². The molecule has 0 spiro atoms. The second-order valence-electron chi connectivity index (χ2n) is 6.03. The first-order valence-electron chi connectivity index (χ1n) is 7.05. The fourth-order valence-electron chi connectivity index (χ4n) is 1.99. The van der Waals surface area contributed by atoms with E-state index in [0.717, 1.165) is 6.20 Å². The first-order valence-corrected chi connectivity index (χ1v) is 8.16. The van der Waals surface area contributed by atoms with Crippen LogP contribution in [0.3, 0.4) is 0 Å². The Bertz CT molecular complexity index is 770. The van der Waals surface area contributed by atoms with Gasteiger partial charge in [0.2, 0.25) is 11.6 Å². The van der Waals surface area contributed by atoms with E-state index in [4.69, 9.17) is 4.74 Å². The fraction of sp³-hybridized carbons (Fsp3) is 0.375. The van der Waals surface area contributed by atoms with Gasteiger partial charge >= 0.3 is 6.18 Å². The lowest BCUT2D eigenvalue weighted by atomic mass is 10.0. The highest BCUT2D eigenvalue weighted by Gasteiger charge is 2.42. The number of nitrogens with zero attached hydrogens (tertiary/aromatic N) is 2. The van der Waals surface area contributed by atoms with Gasteiger partial charge in [0.15, 0.2) is 0 Å². The van der Waals surface area contributed by atoms with Crippen LogP contribution in [0.4, 0.5) is 13.2 Å². The van der Waals surface area contributed by atoms with Gasteiger partial charge in [-0.2, -0.15) is 13.2 Å². The Morgan fingerprint density at radius 3 is 2.25 bits per heavy atom. The molecular formula is C16H17F3N2O2S. The zero-order valence-corrected chi connectivity index (χ0v) is 14.5. The lowest BCUT2D eigenvalue weighted by Crippen LogP contribution is -2.31. The van der Waals surface area contributed by atoms with E-state index < -0.39 is 28.0 Å². The molecular weight excluding hydrogens is 341 g/mol. The summed E-state index contributed by atoms with van der Waals surface area (Å²) in [5.74, 6) is 0.216. The summed E-state index contributed by atoms with van der Waals surface area (Å²) in [5, 5.41) is 0.710. The van der Waals surface area contributed by atoms with Crippen molar-refractivity contribution in [2.45, 2.75) is 31.7 Å². The predicted molar refractivity (Wildman–Crippen MR) is 88.8 cm³/mol. The van der Waals surface area contributed by atoms with Crippen LogP contribution >= 0.6 is 0 Å². The predicted octanol–water partition coefficient (Wildman–Crippen LogP) is 4.06. The summed E-state index contributed by atoms with van der Waals surface area (Å²) >= 11 is -2.06. The molecule has 1 aromatic heterocycles. The average molecular weight is 358 g/mol. The van der Waals surface area contributed by atoms with E-state index in [9.17, 15) is 17.7 Å². The third kappa shape index (κ3) is 3.81. The summed E-state index contributed by atoms with van der Waals surface area (Å²) in [6.45, 7) is 4.68. The highest BCUT2D eigenvalue weighted by Crippen LogP contribution is 2.32. The van der Waals surface area contributed by atoms with Crippen LogP contribution < -0.4 is 4.74 Å². The van der Waals surface area contributed by atoms with Gasteiger partial charge in [-0.25, -0.2) is 4.98 Å². The van der Waals surface area contributed by atoms with Crippen LogP contribution in [-0.2, 0) is 11.4 Å². The topological polar surface area (TPSA) is 57.5 Å². The van der Waals surface area contributed by atoms with Crippen molar-refractivity contribution in [1.29, 1.82) is 0 Å². The third-order valence-corrected chi connectivity index (χ3v) is 4.57. The number of alkyl halides is 3. The molecule has 1 aromatic carbocycles. The smallest absolute Gasteiger partial charge is 0.438 e. The maximum absolute atomic E-state index is 13.5. The van der Waals surface area contributed by atoms with Crippen molar-refractivity contribution < 1.29 is 22.5 Å². The lowest BCUT2D eigenvalue weighted by Gasteiger charge is -2.20. The molecule has 8 heteroatoms. The monoisotopic (exact) mass is 358 g/mol. The maximum Gasteiger partial charge on any atom is 0.438 e. The number of benzene rings is 1. The van der Waals surface area contributed by atoms with E-state index in [1.165, 1.54) is 13.2 Å². The summed E-state index contributed by atoms with van der Waals surface area (Å²) in [5.41, 5.74) is -1.43. The number of ether oxygens (including phenoxy) is 1. The Hall–Kier alpha value is -1.80. The summed E-state index contributed by atoms with van der Waals surface area (Å²) in [6.07, 6.45) is -3.71. The Morgan fingerprint density at radius 2 is 1.75 bits per heavy atom. The molecule has 0 unspecified atom stereocenters. The summed E-state index contributed by atoms with van der Waals surface area (Å²) in [6, 6.07) is 6.42. The molecule has 0 radical (unpaired) electrons. The average Bonchev–Trinajstić information content (AvgIpc) is 2.49. The van der Waals surface area contributed by atoms with E-state index in [-0.39, 0.29) is 16.8 Å². The van der Waals surface area contributed by atoms with Gasteiger partial charge in [-0.1, -0.05) is 22.6 Å². The highest BCUT2D eigenvalue weighted by molar-refractivity contribution is 7.91. The minimum atomic E-state index is -4.76. The first kappa shape index (κ1) is 18.5. The van der Waals surface area contributed by atoms with E-state index in [1.807, 2.05) is 0 Å². The normalized spacial score (nSPS) is 14.8. The van der Waals surface area contributed by atoms with Crippen molar-refractivity contribution in [1.82, 2.24) is 4.98 Å². The van der Waals surface area contributed by atoms with Gasteiger partial charge in [0.25, 0.3) is 0 Å². The molecule has 24 heavy (non-hydrogen) atoms. The lowest BCUT2D eigenvalue weighted by molar-refractivity contribution is -0.0578. The van der Waals surface area contributed by atoms with Crippen molar-refractivity contribution in [2.75, 3.05) is 7.11 Å². The molecule has 1 atom stereocenters. The Kier molecular flexibility index (Phi) is 5.10. The number of methoxy groups -OCH3 is 1. The number of fused-ring (bicyclic) bond motifs is 1. The van der Waals surface area contributed by atoms with Crippen LogP contribution in [0.5, 0.6) is 5.88 Å². The van der Waals surface area contributed by atoms with E-state index in [2.05, 4.69) is 9.38 Å². The number of pyridine rings is 1. The Morgan fingerprint density at radius 1 is 1.17 bits per heavy atom. The van der Waals surface area contributed by atoms with E-state index >= 15 is 0 Å². The van der Waals surface area contributed by atoms with Crippen molar-refractivity contribution in [3.63, 3.8) is 0 Å². The molecule has 4 nitrogen and oxygen atoms in total. The molecule has 1 heterocycles. The largest absolute Gasteiger partial charge is 0.591 e. The number of aromatic nitrogens is 1. The van der Waals surface area contributed by atoms with E-state index in [1.54, 1.807) is 39.0 Å². The highest BCUT2D eigenvalue weighted by atomic mass is 32.2. The van der Waals surface area contributed by atoms with Crippen molar-refractivity contribution in [3.05, 3.63) is 36.0 Å². The van der Waals surface area contributed by atoms with Crippen LogP contribution in [0, 0.1) is 0 Å². The molecule has 0 N–H and O–H groups in total. The van der Waals surface area contributed by atoms with Gasteiger partial charge in [-0.15, -0.1) is 0 Å². The van der Waals surface area contributed by atoms with Crippen molar-refractivity contribution >= 4 is 27.8 Å². The van der Waals surface area contributed by atoms with Crippen LogP contribution in [0.15, 0.2) is 34.9 Å². The minimum absolute atomic E-state index is 0.216. The standard InChI is InChI=1S/C16H17F3N2O2S/c1-15(2,3)24(22)21-13(16(17,18)19)12-9-20-14(23-4)11-8-6-5-7-10(11)12/h5-9H,1-4H3/b21-13-/t24-/m1/s1. The minimum Gasteiger partial charge on any atom is -0.591 e. The van der Waals surface area contributed by atoms with Gasteiger partial charge in [0.05, 0.1) is 7.11 Å². The zero-order valence-electron chi connectivity index (χ0n) is 13.6. The molecule has 0 bridgehead atoms. The van der Waals surface area contributed by atoms with Crippen LogP contribution in [0.1, 0.15) is 26.3 Å². The molecule has 0 aliphatic rings. The maximum atomic E-state index is 13.5. The molecule has 130 valence electrons. The van der Waals surface area contributed by atoms with Crippen LogP contribution in [0.25, 0.3) is 10.8 Å². The molecule has 0 saturated carbocycles. The second-order valence-corrected chi connectivity index (χ2v) is 7.93. The van der Waals surface area contributed by atoms with E-state index in [0.29, 0.717) is 5.39 Å². The van der Waals surface area contributed by atoms with Gasteiger partial charge < -0.3 is 9.29 Å². The van der Waals surface area contributed by atoms with Crippen molar-refractivity contribution in [2.24, 2.45) is 4.40 Å². The number of halogens is 3. The zero-order chi connectivity index (χ0) is 18.1. The molecule has 0 amide bonds. The Labute approximate surface area is 141 Å². The number of hydrogen-bond acceptors (Lipinski definition) is 4. The van der Waals surface area contributed by atoms with Gasteiger partial charge in [-0.05, 0) is 32.2 Å². The molecule has 2 aromatic rings. The van der Waals surface area contributed by atoms with Gasteiger partial charge in [-0.3, -0.25) is 0 Å². The van der Waals surface area contributed by atoms with Crippen LogP contribution in [-0.4, -0.2) is 33.3 Å². The van der Waals surface area contributed by atoms with Crippen LogP contribution in [0.2, 0.25) is 0 Å². The SMILES string of the molecule is COc1ncc(/C(=N/[S@+]([O-])C(C)(C)C)C(F)(F)F)c2ccccc12. The summed E-state index contributed by atoms with van der Waals surface area (Å²) < 4.78 is 60.4. The second kappa shape index (κ2) is 6.60.